The molecule has 4 N–H and O–H groups in total. The van der Waals surface area contributed by atoms with Gasteiger partial charge in [-0.25, -0.2) is 0 Å². The van der Waals surface area contributed by atoms with E-state index < -0.39 is 24.2 Å². The van der Waals surface area contributed by atoms with E-state index in [2.05, 4.69) is 0 Å². The van der Waals surface area contributed by atoms with Crippen LogP contribution in [-0.4, -0.2) is 23.7 Å². The van der Waals surface area contributed by atoms with E-state index in [9.17, 15) is 18.0 Å². The molecule has 0 aliphatic heterocycles. The highest BCUT2D eigenvalue weighted by molar-refractivity contribution is 5.94. The first-order valence-electron chi connectivity index (χ1n) is 7.74. The monoisotopic (exact) mass is 351 g/mol. The van der Waals surface area contributed by atoms with Crippen LogP contribution in [0.3, 0.4) is 0 Å². The zero-order chi connectivity index (χ0) is 18.6. The molecule has 0 bridgehead atoms. The molecule has 2 aromatic rings. The van der Waals surface area contributed by atoms with Gasteiger partial charge in [-0.1, -0.05) is 42.5 Å². The molecule has 2 rings (SSSR count). The largest absolute Gasteiger partial charge is 0.395 e. The molecule has 2 atom stereocenters. The summed E-state index contributed by atoms with van der Waals surface area (Å²) in [6.07, 6.45) is -5.07. The van der Waals surface area contributed by atoms with Gasteiger partial charge in [0, 0.05) is 5.56 Å². The lowest BCUT2D eigenvalue weighted by atomic mass is 9.99. The predicted molar refractivity (Wildman–Crippen MR) is 89.5 cm³/mol. The third kappa shape index (κ3) is 4.37. The highest BCUT2D eigenvalue weighted by atomic mass is 19.4. The molecular formula is C18H20F3N3O. The van der Waals surface area contributed by atoms with Crippen molar-refractivity contribution in [1.29, 1.82) is 0 Å². The maximum atomic E-state index is 12.8. The fourth-order valence-corrected chi connectivity index (χ4v) is 2.42. The van der Waals surface area contributed by atoms with Crippen molar-refractivity contribution in [2.45, 2.75) is 25.2 Å². The summed E-state index contributed by atoms with van der Waals surface area (Å²) < 4.78 is 38.3. The van der Waals surface area contributed by atoms with Crippen molar-refractivity contribution >= 4 is 5.91 Å². The number of carbonyl (C=O) groups is 1. The number of alkyl halides is 3. The van der Waals surface area contributed by atoms with Crippen LogP contribution < -0.4 is 11.5 Å². The van der Waals surface area contributed by atoms with Crippen molar-refractivity contribution in [3.8, 4) is 0 Å². The number of hydrogen-bond donors (Lipinski definition) is 2. The van der Waals surface area contributed by atoms with Gasteiger partial charge in [0.15, 0.2) is 0 Å². The number of carbonyl (C=O) groups excluding carboxylic acids is 1. The van der Waals surface area contributed by atoms with Crippen LogP contribution in [0.5, 0.6) is 0 Å². The quantitative estimate of drug-likeness (QED) is 0.811. The van der Waals surface area contributed by atoms with Gasteiger partial charge in [-0.15, -0.1) is 0 Å². The molecule has 1 amide bonds. The summed E-state index contributed by atoms with van der Waals surface area (Å²) in [5.41, 5.74) is 12.8. The lowest BCUT2D eigenvalue weighted by Gasteiger charge is -2.28. The van der Waals surface area contributed by atoms with E-state index in [0.29, 0.717) is 5.56 Å². The zero-order valence-electron chi connectivity index (χ0n) is 13.7. The van der Waals surface area contributed by atoms with Gasteiger partial charge in [0.2, 0.25) is 0 Å². The maximum Gasteiger partial charge on any atom is 0.395 e. The minimum atomic E-state index is -4.33. The Balaban J connectivity index is 2.21. The van der Waals surface area contributed by atoms with E-state index in [4.69, 9.17) is 11.5 Å². The van der Waals surface area contributed by atoms with E-state index >= 15 is 0 Å². The van der Waals surface area contributed by atoms with Crippen molar-refractivity contribution in [3.63, 3.8) is 0 Å². The molecule has 0 aliphatic carbocycles. The molecule has 25 heavy (non-hydrogen) atoms. The van der Waals surface area contributed by atoms with Crippen LogP contribution in [-0.2, 0) is 0 Å². The lowest BCUT2D eigenvalue weighted by molar-refractivity contribution is -0.146. The molecule has 0 fully saturated rings. The Bertz CT molecular complexity index is 702. The number of nitrogens with zero attached hydrogens (tertiary/aromatic N) is 1. The molecule has 0 aliphatic rings. The van der Waals surface area contributed by atoms with Gasteiger partial charge in [-0.2, -0.15) is 13.2 Å². The topological polar surface area (TPSA) is 72.3 Å². The first-order chi connectivity index (χ1) is 11.8. The maximum absolute atomic E-state index is 12.8. The summed E-state index contributed by atoms with van der Waals surface area (Å²) in [6, 6.07) is 14.3. The molecule has 2 aromatic carbocycles. The molecule has 2 unspecified atom stereocenters. The van der Waals surface area contributed by atoms with Gasteiger partial charge >= 0.3 is 6.18 Å². The zero-order valence-corrected chi connectivity index (χ0v) is 13.7. The fraction of sp³-hybridized carbons (Fsp3) is 0.278. The van der Waals surface area contributed by atoms with Crippen LogP contribution in [0.15, 0.2) is 54.6 Å². The van der Waals surface area contributed by atoms with Gasteiger partial charge in [0.1, 0.15) is 6.17 Å². The average Bonchev–Trinajstić information content (AvgIpc) is 2.61. The number of rotatable bonds is 5. The Kier molecular flexibility index (Phi) is 5.81. The average molecular weight is 351 g/mol. The molecule has 0 spiro atoms. The van der Waals surface area contributed by atoms with Crippen molar-refractivity contribution in [2.24, 2.45) is 11.5 Å². The number of benzene rings is 2. The van der Waals surface area contributed by atoms with Gasteiger partial charge < -0.3 is 16.4 Å². The Morgan fingerprint density at radius 1 is 1.04 bits per heavy atom. The van der Waals surface area contributed by atoms with Crippen LogP contribution in [0.25, 0.3) is 0 Å². The minimum absolute atomic E-state index is 0.0932. The van der Waals surface area contributed by atoms with Gasteiger partial charge in [0.05, 0.1) is 12.6 Å². The molecule has 0 heterocycles. The second-order valence-electron chi connectivity index (χ2n) is 5.70. The standard InChI is InChI=1S/C18H20F3N3O/c1-12(18(19,20)21)13-7-9-15(10-8-13)17(25)24(11-22)16(23)14-5-3-2-4-6-14/h2-10,12,16H,11,22-23H2,1H3. The molecule has 0 radical (unpaired) electrons. The highest BCUT2D eigenvalue weighted by Gasteiger charge is 2.37. The summed E-state index contributed by atoms with van der Waals surface area (Å²) in [5.74, 6) is -2.04. The highest BCUT2D eigenvalue weighted by Crippen LogP contribution is 2.34. The Hall–Kier alpha value is -2.38. The molecule has 0 saturated carbocycles. The van der Waals surface area contributed by atoms with Gasteiger partial charge in [-0.05, 0) is 30.2 Å². The molecule has 0 saturated heterocycles. The van der Waals surface area contributed by atoms with Crippen LogP contribution in [0.2, 0.25) is 0 Å². The SMILES string of the molecule is CC(c1ccc(C(=O)N(CN)C(N)c2ccccc2)cc1)C(F)(F)F. The van der Waals surface area contributed by atoms with Crippen molar-refractivity contribution in [1.82, 2.24) is 4.90 Å². The Labute approximate surface area is 144 Å². The van der Waals surface area contributed by atoms with E-state index in [0.717, 1.165) is 6.92 Å². The third-order valence-electron chi connectivity index (χ3n) is 4.08. The molecule has 7 heteroatoms. The number of amides is 1. The van der Waals surface area contributed by atoms with Crippen molar-refractivity contribution in [2.75, 3.05) is 6.67 Å². The first-order valence-corrected chi connectivity index (χ1v) is 7.74. The van der Waals surface area contributed by atoms with Crippen molar-refractivity contribution < 1.29 is 18.0 Å². The molecule has 0 aromatic heterocycles. The Morgan fingerprint density at radius 3 is 2.08 bits per heavy atom. The van der Waals surface area contributed by atoms with E-state index in [1.807, 2.05) is 6.07 Å². The number of hydrogen-bond acceptors (Lipinski definition) is 3. The van der Waals surface area contributed by atoms with Gasteiger partial charge in [0.25, 0.3) is 5.91 Å². The summed E-state index contributed by atoms with van der Waals surface area (Å²) in [7, 11) is 0. The fourth-order valence-electron chi connectivity index (χ4n) is 2.42. The normalized spacial score (nSPS) is 14.0. The summed E-state index contributed by atoms with van der Waals surface area (Å²) in [5, 5.41) is 0. The summed E-state index contributed by atoms with van der Waals surface area (Å²) >= 11 is 0. The summed E-state index contributed by atoms with van der Waals surface area (Å²) in [6.45, 7) is 0.962. The van der Waals surface area contributed by atoms with Crippen LogP contribution in [0.1, 0.15) is 40.5 Å². The second kappa shape index (κ2) is 7.67. The Morgan fingerprint density at radius 2 is 1.60 bits per heavy atom. The van der Waals surface area contributed by atoms with Crippen LogP contribution in [0.4, 0.5) is 13.2 Å². The molecular weight excluding hydrogens is 331 g/mol. The van der Waals surface area contributed by atoms with Crippen molar-refractivity contribution in [3.05, 3.63) is 71.3 Å². The third-order valence-corrected chi connectivity index (χ3v) is 4.08. The lowest BCUT2D eigenvalue weighted by Crippen LogP contribution is -2.43. The van der Waals surface area contributed by atoms with Crippen LogP contribution in [0, 0.1) is 0 Å². The first kappa shape index (κ1) is 19.0. The number of nitrogens with two attached hydrogens (primary N) is 2. The minimum Gasteiger partial charge on any atom is -0.314 e. The summed E-state index contributed by atoms with van der Waals surface area (Å²) in [4.78, 5) is 13.9. The van der Waals surface area contributed by atoms with E-state index in [1.54, 1.807) is 24.3 Å². The molecule has 134 valence electrons. The molecule has 4 nitrogen and oxygen atoms in total. The van der Waals surface area contributed by atoms with E-state index in [1.165, 1.54) is 29.2 Å². The van der Waals surface area contributed by atoms with Gasteiger partial charge in [-0.3, -0.25) is 4.79 Å². The number of halogens is 3. The van der Waals surface area contributed by atoms with Crippen LogP contribution >= 0.6 is 0 Å². The van der Waals surface area contributed by atoms with E-state index in [-0.39, 0.29) is 17.8 Å². The predicted octanol–water partition coefficient (Wildman–Crippen LogP) is 3.37. The second-order valence-corrected chi connectivity index (χ2v) is 5.70. The smallest absolute Gasteiger partial charge is 0.314 e.